The third-order valence-electron chi connectivity index (χ3n) is 2.83. The Bertz CT molecular complexity index is 483. The van der Waals surface area contributed by atoms with E-state index in [1.165, 1.54) is 5.56 Å². The predicted octanol–water partition coefficient (Wildman–Crippen LogP) is 3.93. The summed E-state index contributed by atoms with van der Waals surface area (Å²) in [4.78, 5) is 0. The molecule has 0 aliphatic heterocycles. The van der Waals surface area contributed by atoms with Gasteiger partial charge in [0.15, 0.2) is 0 Å². The highest BCUT2D eigenvalue weighted by atomic mass is 35.7. The summed E-state index contributed by atoms with van der Waals surface area (Å²) in [5.41, 5.74) is 1.20. The zero-order chi connectivity index (χ0) is 14.3. The monoisotopic (exact) mass is 304 g/mol. The number of hydrogen-bond donors (Lipinski definition) is 0. The van der Waals surface area contributed by atoms with Gasteiger partial charge in [-0.2, -0.15) is 0 Å². The Balaban J connectivity index is 2.30. The van der Waals surface area contributed by atoms with E-state index in [1.54, 1.807) is 0 Å². The van der Waals surface area contributed by atoms with Crippen LogP contribution in [0.15, 0.2) is 24.3 Å². The van der Waals surface area contributed by atoms with E-state index in [4.69, 9.17) is 15.4 Å². The maximum Gasteiger partial charge on any atom is 0.232 e. The van der Waals surface area contributed by atoms with Crippen LogP contribution in [0.1, 0.15) is 44.6 Å². The van der Waals surface area contributed by atoms with Gasteiger partial charge in [-0.25, -0.2) is 8.42 Å². The van der Waals surface area contributed by atoms with Crippen molar-refractivity contribution >= 4 is 19.7 Å². The summed E-state index contributed by atoms with van der Waals surface area (Å²) in [5, 5.41) is 0. The maximum atomic E-state index is 10.7. The predicted molar refractivity (Wildman–Crippen MR) is 79.5 cm³/mol. The third-order valence-corrected chi connectivity index (χ3v) is 4.07. The molecule has 3 nitrogen and oxygen atoms in total. The quantitative estimate of drug-likeness (QED) is 0.540. The van der Waals surface area contributed by atoms with Crippen molar-refractivity contribution in [2.24, 2.45) is 0 Å². The molecule has 0 heterocycles. The second-order valence-corrected chi connectivity index (χ2v) is 7.74. The van der Waals surface area contributed by atoms with Gasteiger partial charge in [-0.1, -0.05) is 32.0 Å². The Morgan fingerprint density at radius 3 is 2.47 bits per heavy atom. The van der Waals surface area contributed by atoms with Gasteiger partial charge in [0.1, 0.15) is 5.75 Å². The lowest BCUT2D eigenvalue weighted by Crippen LogP contribution is -2.02. The number of halogens is 1. The summed E-state index contributed by atoms with van der Waals surface area (Å²) in [7, 11) is 1.79. The highest BCUT2D eigenvalue weighted by Crippen LogP contribution is 2.25. The number of para-hydroxylation sites is 1. The maximum absolute atomic E-state index is 10.7. The van der Waals surface area contributed by atoms with Crippen LogP contribution in [-0.2, 0) is 9.05 Å². The van der Waals surface area contributed by atoms with Crippen LogP contribution in [0.25, 0.3) is 0 Å². The molecule has 1 aromatic carbocycles. The fourth-order valence-corrected chi connectivity index (χ4v) is 2.70. The minimum absolute atomic E-state index is 0.0388. The zero-order valence-corrected chi connectivity index (χ0v) is 13.0. The second-order valence-electron chi connectivity index (χ2n) is 4.84. The average Bonchev–Trinajstić information content (AvgIpc) is 2.32. The number of ether oxygens (including phenoxy) is 1. The van der Waals surface area contributed by atoms with Crippen molar-refractivity contribution in [3.63, 3.8) is 0 Å². The summed E-state index contributed by atoms with van der Waals surface area (Å²) < 4.78 is 27.2. The number of unbranched alkanes of at least 4 members (excludes halogenated alkanes) is 2. The van der Waals surface area contributed by atoms with Crippen LogP contribution in [0, 0.1) is 0 Å². The van der Waals surface area contributed by atoms with E-state index in [2.05, 4.69) is 19.9 Å². The molecule has 0 saturated heterocycles. The topological polar surface area (TPSA) is 43.4 Å². The van der Waals surface area contributed by atoms with Crippen molar-refractivity contribution in [3.05, 3.63) is 29.8 Å². The first-order valence-corrected chi connectivity index (χ1v) is 9.02. The molecule has 0 saturated carbocycles. The standard InChI is InChI=1S/C14H21ClO3S/c1-12(2)13-8-4-5-9-14(13)18-10-6-3-7-11-19(15,16)17/h4-5,8-9,12H,3,6-7,10-11H2,1-2H3. The third kappa shape index (κ3) is 6.83. The minimum atomic E-state index is -3.35. The van der Waals surface area contributed by atoms with Gasteiger partial charge in [0.05, 0.1) is 12.4 Å². The van der Waals surface area contributed by atoms with Crippen LogP contribution in [0.5, 0.6) is 5.75 Å². The molecule has 19 heavy (non-hydrogen) atoms. The van der Waals surface area contributed by atoms with Gasteiger partial charge < -0.3 is 4.74 Å². The lowest BCUT2D eigenvalue weighted by molar-refractivity contribution is 0.302. The summed E-state index contributed by atoms with van der Waals surface area (Å²) in [5.74, 6) is 1.39. The molecule has 0 spiro atoms. The molecule has 0 bridgehead atoms. The second kappa shape index (κ2) is 7.75. The normalized spacial score (nSPS) is 11.8. The van der Waals surface area contributed by atoms with E-state index >= 15 is 0 Å². The lowest BCUT2D eigenvalue weighted by atomic mass is 10.0. The molecule has 5 heteroatoms. The highest BCUT2D eigenvalue weighted by molar-refractivity contribution is 8.13. The summed E-state index contributed by atoms with van der Waals surface area (Å²) >= 11 is 0. The minimum Gasteiger partial charge on any atom is -0.493 e. The van der Waals surface area contributed by atoms with E-state index in [0.717, 1.165) is 18.6 Å². The van der Waals surface area contributed by atoms with Crippen molar-refractivity contribution < 1.29 is 13.2 Å². The van der Waals surface area contributed by atoms with Crippen molar-refractivity contribution in [3.8, 4) is 5.75 Å². The molecular weight excluding hydrogens is 284 g/mol. The molecule has 0 unspecified atom stereocenters. The van der Waals surface area contributed by atoms with Gasteiger partial charge in [0.25, 0.3) is 0 Å². The van der Waals surface area contributed by atoms with E-state index in [0.29, 0.717) is 18.9 Å². The van der Waals surface area contributed by atoms with Gasteiger partial charge in [-0.15, -0.1) is 0 Å². The van der Waals surface area contributed by atoms with Crippen LogP contribution in [0.2, 0.25) is 0 Å². The average molecular weight is 305 g/mol. The Morgan fingerprint density at radius 1 is 1.16 bits per heavy atom. The summed E-state index contributed by atoms with van der Waals surface area (Å²) in [6.45, 7) is 4.87. The van der Waals surface area contributed by atoms with Crippen molar-refractivity contribution in [2.75, 3.05) is 12.4 Å². The summed E-state index contributed by atoms with van der Waals surface area (Å²) in [6.07, 6.45) is 2.22. The Morgan fingerprint density at radius 2 is 1.84 bits per heavy atom. The van der Waals surface area contributed by atoms with Crippen molar-refractivity contribution in [1.82, 2.24) is 0 Å². The Labute approximate surface area is 120 Å². The van der Waals surface area contributed by atoms with E-state index in [9.17, 15) is 8.42 Å². The number of benzene rings is 1. The van der Waals surface area contributed by atoms with Gasteiger partial charge >= 0.3 is 0 Å². The molecule has 0 N–H and O–H groups in total. The van der Waals surface area contributed by atoms with Crippen LogP contribution < -0.4 is 4.74 Å². The molecule has 0 amide bonds. The van der Waals surface area contributed by atoms with Crippen LogP contribution >= 0.6 is 10.7 Å². The van der Waals surface area contributed by atoms with Crippen molar-refractivity contribution in [1.29, 1.82) is 0 Å². The first kappa shape index (κ1) is 16.3. The van der Waals surface area contributed by atoms with Gasteiger partial charge in [-0.05, 0) is 36.8 Å². The van der Waals surface area contributed by atoms with Crippen LogP contribution in [0.3, 0.4) is 0 Å². The zero-order valence-electron chi connectivity index (χ0n) is 11.4. The number of rotatable bonds is 8. The Hall–Kier alpha value is -0.740. The Kier molecular flexibility index (Phi) is 6.66. The van der Waals surface area contributed by atoms with Crippen molar-refractivity contribution in [2.45, 2.75) is 39.0 Å². The molecule has 0 aliphatic carbocycles. The highest BCUT2D eigenvalue weighted by Gasteiger charge is 2.07. The molecule has 0 fully saturated rings. The largest absolute Gasteiger partial charge is 0.493 e. The smallest absolute Gasteiger partial charge is 0.232 e. The molecule has 108 valence electrons. The first-order valence-electron chi connectivity index (χ1n) is 6.54. The van der Waals surface area contributed by atoms with E-state index in [1.807, 2.05) is 18.2 Å². The lowest BCUT2D eigenvalue weighted by Gasteiger charge is -2.13. The van der Waals surface area contributed by atoms with E-state index < -0.39 is 9.05 Å². The molecule has 1 rings (SSSR count). The van der Waals surface area contributed by atoms with Gasteiger partial charge in [0.2, 0.25) is 9.05 Å². The molecule has 0 aromatic heterocycles. The van der Waals surface area contributed by atoms with Crippen LogP contribution in [-0.4, -0.2) is 20.8 Å². The SMILES string of the molecule is CC(C)c1ccccc1OCCCCCS(=O)(=O)Cl. The molecule has 1 aromatic rings. The molecular formula is C14H21ClO3S. The fraction of sp³-hybridized carbons (Fsp3) is 0.571. The van der Waals surface area contributed by atoms with E-state index in [-0.39, 0.29) is 5.75 Å². The first-order chi connectivity index (χ1) is 8.90. The van der Waals surface area contributed by atoms with Gasteiger partial charge in [0, 0.05) is 10.7 Å². The summed E-state index contributed by atoms with van der Waals surface area (Å²) in [6, 6.07) is 8.01. The molecule has 0 aliphatic rings. The molecule has 0 atom stereocenters. The number of hydrogen-bond acceptors (Lipinski definition) is 3. The molecule has 0 radical (unpaired) electrons. The fourth-order valence-electron chi connectivity index (χ4n) is 1.82. The van der Waals surface area contributed by atoms with Gasteiger partial charge in [-0.3, -0.25) is 0 Å². The van der Waals surface area contributed by atoms with Crippen LogP contribution in [0.4, 0.5) is 0 Å².